The van der Waals surface area contributed by atoms with E-state index in [4.69, 9.17) is 19.6 Å². The number of halogens is 1. The van der Waals surface area contributed by atoms with Gasteiger partial charge in [0.25, 0.3) is 0 Å². The lowest BCUT2D eigenvalue weighted by Gasteiger charge is -2.30. The SMILES string of the molecule is COc1ccc(Cn2ncc3c2CCN(C(C)C)c2cc(OC)c(Nc4ncc(Br)c(Nc5ccc6nccnc6c5P(C)(C)=O)n4)cc2-3)cc1. The zero-order valence-electron chi connectivity index (χ0n) is 29.3. The summed E-state index contributed by atoms with van der Waals surface area (Å²) in [6.07, 6.45) is 7.70. The Labute approximate surface area is 305 Å². The molecule has 1 aliphatic rings. The van der Waals surface area contributed by atoms with Crippen LogP contribution in [-0.2, 0) is 17.5 Å². The topological polar surface area (TPSA) is 132 Å². The first-order valence-electron chi connectivity index (χ1n) is 16.6. The van der Waals surface area contributed by atoms with Crippen molar-refractivity contribution in [2.75, 3.05) is 49.6 Å². The Hall–Kier alpha value is -5.00. The maximum Gasteiger partial charge on any atom is 0.229 e. The average molecular weight is 769 g/mol. The third kappa shape index (κ3) is 6.88. The minimum absolute atomic E-state index is 0.259. The summed E-state index contributed by atoms with van der Waals surface area (Å²) in [6, 6.07) is 16.2. The molecule has 0 atom stereocenters. The number of fused-ring (bicyclic) bond motifs is 4. The van der Waals surface area contributed by atoms with Gasteiger partial charge >= 0.3 is 0 Å². The van der Waals surface area contributed by atoms with Gasteiger partial charge in [0.2, 0.25) is 5.95 Å². The van der Waals surface area contributed by atoms with Gasteiger partial charge in [-0.25, -0.2) is 4.98 Å². The van der Waals surface area contributed by atoms with E-state index in [1.54, 1.807) is 46.1 Å². The largest absolute Gasteiger partial charge is 0.497 e. The van der Waals surface area contributed by atoms with Gasteiger partial charge in [-0.2, -0.15) is 10.1 Å². The summed E-state index contributed by atoms with van der Waals surface area (Å²) in [4.78, 5) is 20.7. The Morgan fingerprint density at radius 2 is 1.71 bits per heavy atom. The lowest BCUT2D eigenvalue weighted by molar-refractivity contribution is 0.414. The van der Waals surface area contributed by atoms with Crippen LogP contribution < -0.4 is 30.3 Å². The predicted octanol–water partition coefficient (Wildman–Crippen LogP) is 7.62. The first-order valence-corrected chi connectivity index (χ1v) is 20.0. The highest BCUT2D eigenvalue weighted by atomic mass is 79.9. The molecule has 0 fully saturated rings. The molecule has 0 saturated carbocycles. The summed E-state index contributed by atoms with van der Waals surface area (Å²) in [5.74, 6) is 2.32. The Morgan fingerprint density at radius 1 is 0.922 bits per heavy atom. The Morgan fingerprint density at radius 3 is 2.43 bits per heavy atom. The summed E-state index contributed by atoms with van der Waals surface area (Å²) in [5, 5.41) is 12.3. The number of hydrogen-bond donors (Lipinski definition) is 2. The van der Waals surface area contributed by atoms with E-state index in [0.717, 1.165) is 46.8 Å². The molecule has 1 aliphatic heterocycles. The third-order valence-corrected chi connectivity index (χ3v) is 11.1. The molecule has 7 rings (SSSR count). The molecule has 51 heavy (non-hydrogen) atoms. The summed E-state index contributed by atoms with van der Waals surface area (Å²) in [6.45, 7) is 9.34. The lowest BCUT2D eigenvalue weighted by atomic mass is 10.0. The van der Waals surface area contributed by atoms with E-state index in [-0.39, 0.29) is 6.04 Å². The second-order valence-electron chi connectivity index (χ2n) is 13.0. The van der Waals surface area contributed by atoms with Gasteiger partial charge in [-0.15, -0.1) is 0 Å². The summed E-state index contributed by atoms with van der Waals surface area (Å²) < 4.78 is 27.5. The molecule has 262 valence electrons. The molecule has 3 aromatic carbocycles. The van der Waals surface area contributed by atoms with Crippen LogP contribution in [0.1, 0.15) is 25.1 Å². The van der Waals surface area contributed by atoms with Crippen LogP contribution in [-0.4, -0.2) is 69.9 Å². The molecular weight excluding hydrogens is 729 g/mol. The first-order chi connectivity index (χ1) is 24.5. The number of methoxy groups -OCH3 is 2. The van der Waals surface area contributed by atoms with Gasteiger partial charge in [0.1, 0.15) is 30.0 Å². The van der Waals surface area contributed by atoms with Gasteiger partial charge in [0.05, 0.1) is 53.6 Å². The molecule has 3 aromatic heterocycles. The molecule has 2 N–H and O–H groups in total. The van der Waals surface area contributed by atoms with Crippen LogP contribution >= 0.6 is 23.1 Å². The molecule has 0 spiro atoms. The van der Waals surface area contributed by atoms with Crippen molar-refractivity contribution in [2.24, 2.45) is 0 Å². The third-order valence-electron chi connectivity index (χ3n) is 8.97. The van der Waals surface area contributed by atoms with Crippen LogP contribution in [0.15, 0.2) is 77.8 Å². The second kappa shape index (κ2) is 14.0. The normalized spacial score (nSPS) is 12.7. The highest BCUT2D eigenvalue weighted by Gasteiger charge is 2.27. The minimum Gasteiger partial charge on any atom is -0.497 e. The van der Waals surface area contributed by atoms with E-state index in [1.165, 1.54) is 0 Å². The van der Waals surface area contributed by atoms with Crippen molar-refractivity contribution in [3.8, 4) is 22.6 Å². The minimum atomic E-state index is -2.78. The summed E-state index contributed by atoms with van der Waals surface area (Å²) in [7, 11) is 0.557. The number of nitrogens with zero attached hydrogens (tertiary/aromatic N) is 7. The lowest BCUT2D eigenvalue weighted by Crippen LogP contribution is -2.32. The Balaban J connectivity index is 1.26. The maximum absolute atomic E-state index is 13.5. The van der Waals surface area contributed by atoms with Crippen molar-refractivity contribution in [3.63, 3.8) is 0 Å². The zero-order valence-corrected chi connectivity index (χ0v) is 31.8. The number of ether oxygens (including phenoxy) is 2. The number of hydrogen-bond acceptors (Lipinski definition) is 11. The number of benzene rings is 3. The fraction of sp³-hybridized carbons (Fsp3) is 0.270. The molecule has 0 radical (unpaired) electrons. The number of rotatable bonds is 10. The predicted molar refractivity (Wildman–Crippen MR) is 207 cm³/mol. The zero-order chi connectivity index (χ0) is 35.9. The monoisotopic (exact) mass is 767 g/mol. The molecule has 0 saturated heterocycles. The van der Waals surface area contributed by atoms with E-state index in [9.17, 15) is 4.57 Å². The summed E-state index contributed by atoms with van der Waals surface area (Å²) in [5.41, 5.74) is 8.10. The highest BCUT2D eigenvalue weighted by Crippen LogP contribution is 2.45. The van der Waals surface area contributed by atoms with Crippen LogP contribution in [0.5, 0.6) is 11.5 Å². The quantitative estimate of drug-likeness (QED) is 0.134. The molecule has 14 heteroatoms. The molecule has 0 unspecified atom stereocenters. The van der Waals surface area contributed by atoms with Gasteiger partial charge in [-0.3, -0.25) is 14.6 Å². The van der Waals surface area contributed by atoms with Crippen molar-refractivity contribution >= 4 is 68.2 Å². The molecule has 0 amide bonds. The van der Waals surface area contributed by atoms with Crippen LogP contribution in [0.2, 0.25) is 0 Å². The smallest absolute Gasteiger partial charge is 0.229 e. The van der Waals surface area contributed by atoms with Crippen molar-refractivity contribution in [1.29, 1.82) is 0 Å². The Bertz CT molecular complexity index is 2290. The van der Waals surface area contributed by atoms with Crippen molar-refractivity contribution in [2.45, 2.75) is 32.9 Å². The van der Waals surface area contributed by atoms with Gasteiger partial charge in [-0.1, -0.05) is 12.1 Å². The first kappa shape index (κ1) is 34.4. The number of aromatic nitrogens is 6. The molecule has 0 bridgehead atoms. The van der Waals surface area contributed by atoms with Crippen LogP contribution in [0, 0.1) is 0 Å². The van der Waals surface area contributed by atoms with Gasteiger partial charge in [0.15, 0.2) is 0 Å². The standard InChI is InChI=1S/C37H39BrN9O3P/c1-22(2)46-16-13-31-26(19-42-47(31)21-23-7-9-24(49-3)10-8-23)25-17-30(33(50-4)18-32(25)46)44-37-41-20-27(38)36(45-37)43-29-12-11-28-34(40-15-14-39-28)35(29)51(5,6)48/h7-12,14-15,17-20,22H,13,16,21H2,1-6H3,(H2,41,43,44,45). The van der Waals surface area contributed by atoms with Crippen LogP contribution in [0.4, 0.5) is 28.8 Å². The molecule has 12 nitrogen and oxygen atoms in total. The fourth-order valence-corrected chi connectivity index (χ4v) is 8.23. The van der Waals surface area contributed by atoms with E-state index >= 15 is 0 Å². The number of anilines is 5. The van der Waals surface area contributed by atoms with E-state index in [0.29, 0.717) is 56.2 Å². The van der Waals surface area contributed by atoms with Crippen molar-refractivity contribution < 1.29 is 14.0 Å². The van der Waals surface area contributed by atoms with Gasteiger partial charge in [0, 0.05) is 66.2 Å². The van der Waals surface area contributed by atoms with Gasteiger partial charge in [-0.05, 0) is 79.0 Å². The van der Waals surface area contributed by atoms with Crippen LogP contribution in [0.3, 0.4) is 0 Å². The maximum atomic E-state index is 13.5. The van der Waals surface area contributed by atoms with Gasteiger partial charge < -0.3 is 29.6 Å². The van der Waals surface area contributed by atoms with E-state index in [2.05, 4.69) is 89.2 Å². The second-order valence-corrected chi connectivity index (χ2v) is 17.0. The van der Waals surface area contributed by atoms with Crippen molar-refractivity contribution in [1.82, 2.24) is 29.7 Å². The molecule has 0 aliphatic carbocycles. The number of nitrogens with one attached hydrogen (secondary N) is 2. The van der Waals surface area contributed by atoms with E-state index in [1.807, 2.05) is 30.5 Å². The Kier molecular flexibility index (Phi) is 9.43. The van der Waals surface area contributed by atoms with Crippen LogP contribution in [0.25, 0.3) is 22.2 Å². The molecular formula is C37H39BrN9O3P. The average Bonchev–Trinajstić information content (AvgIpc) is 3.43. The molecule has 6 aromatic rings. The van der Waals surface area contributed by atoms with Crippen molar-refractivity contribution in [3.05, 3.63) is 89.0 Å². The van der Waals surface area contributed by atoms with E-state index < -0.39 is 7.14 Å². The highest BCUT2D eigenvalue weighted by molar-refractivity contribution is 9.10. The fourth-order valence-electron chi connectivity index (χ4n) is 6.54. The summed E-state index contributed by atoms with van der Waals surface area (Å²) >= 11 is 3.60. The molecule has 4 heterocycles.